The molecule has 1 aromatic rings. The third-order valence-electron chi connectivity index (χ3n) is 3.29. The number of halogens is 1. The first kappa shape index (κ1) is 18.0. The van der Waals surface area contributed by atoms with Crippen LogP contribution in [0.5, 0.6) is 0 Å². The number of amides is 1. The van der Waals surface area contributed by atoms with Gasteiger partial charge in [-0.2, -0.15) is 0 Å². The second-order valence-corrected chi connectivity index (χ2v) is 5.23. The van der Waals surface area contributed by atoms with E-state index >= 15 is 0 Å². The van der Waals surface area contributed by atoms with Gasteiger partial charge in [0.2, 0.25) is 5.91 Å². The first-order chi connectivity index (χ1) is 10.2. The first-order valence-corrected chi connectivity index (χ1v) is 7.84. The molecule has 0 spiro atoms. The Labute approximate surface area is 132 Å². The zero-order valence-electron chi connectivity index (χ0n) is 12.9. The van der Waals surface area contributed by atoms with Crippen LogP contribution in [-0.4, -0.2) is 50.2 Å². The van der Waals surface area contributed by atoms with Crippen LogP contribution in [0.3, 0.4) is 0 Å². The standard InChI is InChI=1S/C16H25ClN2O2/c1-3-19(4-2)10-12-21-11-9-18-16(20)13-14-5-7-15(17)8-6-14/h5-8H,3-4,9-13H2,1-2H3,(H,18,20). The highest BCUT2D eigenvalue weighted by atomic mass is 35.5. The summed E-state index contributed by atoms with van der Waals surface area (Å²) in [7, 11) is 0. The largest absolute Gasteiger partial charge is 0.378 e. The lowest BCUT2D eigenvalue weighted by atomic mass is 10.1. The normalized spacial score (nSPS) is 10.9. The number of carbonyl (C=O) groups is 1. The molecule has 1 aromatic carbocycles. The number of benzene rings is 1. The Balaban J connectivity index is 2.07. The van der Waals surface area contributed by atoms with Gasteiger partial charge in [-0.25, -0.2) is 0 Å². The highest BCUT2D eigenvalue weighted by molar-refractivity contribution is 6.30. The smallest absolute Gasteiger partial charge is 0.224 e. The van der Waals surface area contributed by atoms with Gasteiger partial charge in [-0.3, -0.25) is 4.79 Å². The zero-order valence-corrected chi connectivity index (χ0v) is 13.7. The molecule has 0 atom stereocenters. The van der Waals surface area contributed by atoms with Gasteiger partial charge >= 0.3 is 0 Å². The zero-order chi connectivity index (χ0) is 15.5. The van der Waals surface area contributed by atoms with Crippen LogP contribution in [0.4, 0.5) is 0 Å². The van der Waals surface area contributed by atoms with Crippen LogP contribution in [0.15, 0.2) is 24.3 Å². The number of ether oxygens (including phenoxy) is 1. The van der Waals surface area contributed by atoms with Gasteiger partial charge < -0.3 is 15.0 Å². The van der Waals surface area contributed by atoms with E-state index in [-0.39, 0.29) is 5.91 Å². The molecule has 1 N–H and O–H groups in total. The molecular formula is C16H25ClN2O2. The minimum absolute atomic E-state index is 0.00432. The Bertz CT molecular complexity index is 405. The quantitative estimate of drug-likeness (QED) is 0.674. The van der Waals surface area contributed by atoms with E-state index in [1.807, 2.05) is 12.1 Å². The highest BCUT2D eigenvalue weighted by Crippen LogP contribution is 2.09. The molecular weight excluding hydrogens is 288 g/mol. The van der Waals surface area contributed by atoms with E-state index in [0.717, 1.165) is 25.2 Å². The predicted molar refractivity (Wildman–Crippen MR) is 86.8 cm³/mol. The van der Waals surface area contributed by atoms with E-state index < -0.39 is 0 Å². The minimum atomic E-state index is 0.00432. The number of hydrogen-bond acceptors (Lipinski definition) is 3. The van der Waals surface area contributed by atoms with Gasteiger partial charge in [-0.15, -0.1) is 0 Å². The van der Waals surface area contributed by atoms with E-state index in [1.165, 1.54) is 0 Å². The van der Waals surface area contributed by atoms with Gasteiger partial charge in [0.05, 0.1) is 19.6 Å². The average Bonchev–Trinajstić information content (AvgIpc) is 2.49. The lowest BCUT2D eigenvalue weighted by Gasteiger charge is -2.17. The molecule has 0 aliphatic heterocycles. The second kappa shape index (κ2) is 10.6. The maximum atomic E-state index is 11.7. The molecule has 0 aliphatic carbocycles. The molecule has 1 amide bonds. The summed E-state index contributed by atoms with van der Waals surface area (Å²) in [5.41, 5.74) is 0.958. The van der Waals surface area contributed by atoms with Crippen LogP contribution in [0.1, 0.15) is 19.4 Å². The van der Waals surface area contributed by atoms with Gasteiger partial charge in [0.1, 0.15) is 0 Å². The number of hydrogen-bond donors (Lipinski definition) is 1. The fraction of sp³-hybridized carbons (Fsp3) is 0.562. The van der Waals surface area contributed by atoms with Gasteiger partial charge in [-0.1, -0.05) is 37.6 Å². The van der Waals surface area contributed by atoms with Crippen LogP contribution in [-0.2, 0) is 16.0 Å². The Morgan fingerprint density at radius 3 is 2.48 bits per heavy atom. The van der Waals surface area contributed by atoms with Gasteiger partial charge in [0, 0.05) is 18.1 Å². The Morgan fingerprint density at radius 2 is 1.86 bits per heavy atom. The molecule has 0 fully saturated rings. The summed E-state index contributed by atoms with van der Waals surface area (Å²) in [5, 5.41) is 3.53. The minimum Gasteiger partial charge on any atom is -0.378 e. The molecule has 0 saturated heterocycles. The summed E-state index contributed by atoms with van der Waals surface area (Å²) in [6.07, 6.45) is 0.372. The van der Waals surface area contributed by atoms with Crippen molar-refractivity contribution in [2.24, 2.45) is 0 Å². The topological polar surface area (TPSA) is 41.6 Å². The van der Waals surface area contributed by atoms with E-state index in [1.54, 1.807) is 12.1 Å². The van der Waals surface area contributed by atoms with E-state index in [2.05, 4.69) is 24.1 Å². The van der Waals surface area contributed by atoms with Crippen molar-refractivity contribution >= 4 is 17.5 Å². The number of nitrogens with one attached hydrogen (secondary N) is 1. The molecule has 0 unspecified atom stereocenters. The third-order valence-corrected chi connectivity index (χ3v) is 3.54. The van der Waals surface area contributed by atoms with Crippen molar-refractivity contribution in [1.29, 1.82) is 0 Å². The number of nitrogens with zero attached hydrogens (tertiary/aromatic N) is 1. The summed E-state index contributed by atoms with van der Waals surface area (Å²) in [6.45, 7) is 9.09. The molecule has 0 aliphatic rings. The van der Waals surface area contributed by atoms with Crippen LogP contribution < -0.4 is 5.32 Å². The van der Waals surface area contributed by atoms with E-state index in [4.69, 9.17) is 16.3 Å². The van der Waals surface area contributed by atoms with E-state index in [9.17, 15) is 4.79 Å². The second-order valence-electron chi connectivity index (χ2n) is 4.79. The van der Waals surface area contributed by atoms with Crippen molar-refractivity contribution in [2.45, 2.75) is 20.3 Å². The molecule has 0 bridgehead atoms. The maximum absolute atomic E-state index is 11.7. The lowest BCUT2D eigenvalue weighted by Crippen LogP contribution is -2.30. The SMILES string of the molecule is CCN(CC)CCOCCNC(=O)Cc1ccc(Cl)cc1. The van der Waals surface area contributed by atoms with Crippen LogP contribution in [0, 0.1) is 0 Å². The fourth-order valence-corrected chi connectivity index (χ4v) is 2.07. The Hall–Kier alpha value is -1.10. The summed E-state index contributed by atoms with van der Waals surface area (Å²) >= 11 is 5.80. The summed E-state index contributed by atoms with van der Waals surface area (Å²) in [6, 6.07) is 7.31. The van der Waals surface area contributed by atoms with Crippen molar-refractivity contribution in [3.8, 4) is 0 Å². The van der Waals surface area contributed by atoms with Crippen molar-refractivity contribution in [3.05, 3.63) is 34.9 Å². The van der Waals surface area contributed by atoms with Crippen molar-refractivity contribution in [2.75, 3.05) is 39.4 Å². The lowest BCUT2D eigenvalue weighted by molar-refractivity contribution is -0.120. The first-order valence-electron chi connectivity index (χ1n) is 7.47. The number of carbonyl (C=O) groups excluding carboxylic acids is 1. The van der Waals surface area contributed by atoms with Gasteiger partial charge in [0.15, 0.2) is 0 Å². The van der Waals surface area contributed by atoms with Gasteiger partial charge in [-0.05, 0) is 30.8 Å². The Kier molecular flexibility index (Phi) is 9.06. The number of rotatable bonds is 10. The molecule has 0 radical (unpaired) electrons. The molecule has 0 saturated carbocycles. The van der Waals surface area contributed by atoms with Crippen molar-refractivity contribution in [1.82, 2.24) is 10.2 Å². The fourth-order valence-electron chi connectivity index (χ4n) is 1.95. The molecule has 21 heavy (non-hydrogen) atoms. The molecule has 0 aromatic heterocycles. The van der Waals surface area contributed by atoms with Crippen molar-refractivity contribution < 1.29 is 9.53 Å². The molecule has 118 valence electrons. The maximum Gasteiger partial charge on any atom is 0.224 e. The van der Waals surface area contributed by atoms with Crippen LogP contribution >= 0.6 is 11.6 Å². The molecule has 1 rings (SSSR count). The third kappa shape index (κ3) is 8.05. The Morgan fingerprint density at radius 1 is 1.19 bits per heavy atom. The van der Waals surface area contributed by atoms with Crippen LogP contribution in [0.25, 0.3) is 0 Å². The molecule has 4 nitrogen and oxygen atoms in total. The van der Waals surface area contributed by atoms with Gasteiger partial charge in [0.25, 0.3) is 0 Å². The summed E-state index contributed by atoms with van der Waals surface area (Å²) < 4.78 is 5.51. The summed E-state index contributed by atoms with van der Waals surface area (Å²) in [4.78, 5) is 14.0. The van der Waals surface area contributed by atoms with E-state index in [0.29, 0.717) is 31.2 Å². The van der Waals surface area contributed by atoms with Crippen molar-refractivity contribution in [3.63, 3.8) is 0 Å². The highest BCUT2D eigenvalue weighted by Gasteiger charge is 2.03. The monoisotopic (exact) mass is 312 g/mol. The number of likely N-dealkylation sites (N-methyl/N-ethyl adjacent to an activating group) is 1. The predicted octanol–water partition coefficient (Wildman–Crippen LogP) is 2.36. The molecule has 0 heterocycles. The summed E-state index contributed by atoms with van der Waals surface area (Å²) in [5.74, 6) is 0.00432. The average molecular weight is 313 g/mol. The van der Waals surface area contributed by atoms with Crippen LogP contribution in [0.2, 0.25) is 5.02 Å². The molecule has 5 heteroatoms.